The maximum absolute atomic E-state index is 11.3. The molecule has 0 saturated heterocycles. The Morgan fingerprint density at radius 1 is 1.21 bits per heavy atom. The highest BCUT2D eigenvalue weighted by Gasteiger charge is 2.17. The second kappa shape index (κ2) is 5.24. The summed E-state index contributed by atoms with van der Waals surface area (Å²) in [6.45, 7) is 0. The minimum Gasteiger partial charge on any atom is -0.308 e. The number of carbonyl (C=O) groups excluding carboxylic acids is 1. The van der Waals surface area contributed by atoms with Crippen LogP contribution in [0.3, 0.4) is 0 Å². The average Bonchev–Trinajstić information content (AvgIpc) is 2.46. The van der Waals surface area contributed by atoms with Gasteiger partial charge in [-0.2, -0.15) is 0 Å². The zero-order valence-corrected chi connectivity index (χ0v) is 10.9. The van der Waals surface area contributed by atoms with Gasteiger partial charge in [0.1, 0.15) is 5.03 Å². The molecule has 1 aromatic heterocycles. The lowest BCUT2D eigenvalue weighted by Gasteiger charge is -2.13. The maximum Gasteiger partial charge on any atom is 0.236 e. The van der Waals surface area contributed by atoms with Gasteiger partial charge in [-0.25, -0.2) is 9.97 Å². The number of nitrogens with one attached hydrogen (secondary N) is 1. The van der Waals surface area contributed by atoms with Gasteiger partial charge >= 0.3 is 0 Å². The summed E-state index contributed by atoms with van der Waals surface area (Å²) in [5.74, 6) is 0.924. The van der Waals surface area contributed by atoms with Gasteiger partial charge in [0.05, 0.1) is 17.6 Å². The highest BCUT2D eigenvalue weighted by molar-refractivity contribution is 8.00. The van der Waals surface area contributed by atoms with Crippen LogP contribution in [-0.4, -0.2) is 21.6 Å². The van der Waals surface area contributed by atoms with Crippen molar-refractivity contribution in [3.05, 3.63) is 47.8 Å². The molecular formula is C14H11N3OS. The third-order valence-electron chi connectivity index (χ3n) is 2.60. The largest absolute Gasteiger partial charge is 0.308 e. The number of amides is 1. The predicted octanol–water partition coefficient (Wildman–Crippen LogP) is 2.69. The number of fused-ring (bicyclic) bond motifs is 1. The van der Waals surface area contributed by atoms with Crippen LogP contribution in [0.1, 0.15) is 11.3 Å². The van der Waals surface area contributed by atoms with Gasteiger partial charge in [-0.15, -0.1) is 0 Å². The SMILES string of the molecule is O=C1CSc2ncc(/C=C/c3ccccc3)nc2N1. The summed E-state index contributed by atoms with van der Waals surface area (Å²) in [7, 11) is 0. The van der Waals surface area contributed by atoms with E-state index < -0.39 is 0 Å². The molecule has 1 aliphatic heterocycles. The first-order valence-electron chi connectivity index (χ1n) is 5.84. The first-order valence-corrected chi connectivity index (χ1v) is 6.83. The smallest absolute Gasteiger partial charge is 0.236 e. The van der Waals surface area contributed by atoms with Gasteiger partial charge < -0.3 is 5.32 Å². The highest BCUT2D eigenvalue weighted by atomic mass is 32.2. The van der Waals surface area contributed by atoms with Crippen LogP contribution in [0.15, 0.2) is 41.6 Å². The molecule has 1 N–H and O–H groups in total. The van der Waals surface area contributed by atoms with Gasteiger partial charge in [-0.1, -0.05) is 48.2 Å². The minimum atomic E-state index is -0.0315. The fourth-order valence-electron chi connectivity index (χ4n) is 1.71. The Hall–Kier alpha value is -2.14. The molecule has 19 heavy (non-hydrogen) atoms. The Bertz CT molecular complexity index is 640. The van der Waals surface area contributed by atoms with Crippen LogP contribution >= 0.6 is 11.8 Å². The van der Waals surface area contributed by atoms with Crippen molar-refractivity contribution in [1.82, 2.24) is 9.97 Å². The van der Waals surface area contributed by atoms with E-state index in [1.807, 2.05) is 42.5 Å². The number of rotatable bonds is 2. The summed E-state index contributed by atoms with van der Waals surface area (Å²) < 4.78 is 0. The van der Waals surface area contributed by atoms with E-state index in [2.05, 4.69) is 15.3 Å². The molecule has 0 bridgehead atoms. The number of benzene rings is 1. The van der Waals surface area contributed by atoms with Crippen molar-refractivity contribution in [2.75, 3.05) is 11.1 Å². The van der Waals surface area contributed by atoms with Gasteiger partial charge in [0, 0.05) is 0 Å². The fraction of sp³-hybridized carbons (Fsp3) is 0.0714. The molecule has 2 heterocycles. The fourth-order valence-corrected chi connectivity index (χ4v) is 2.41. The molecule has 1 aliphatic rings. The minimum absolute atomic E-state index is 0.0315. The zero-order chi connectivity index (χ0) is 13.1. The van der Waals surface area contributed by atoms with E-state index in [0.29, 0.717) is 11.6 Å². The van der Waals surface area contributed by atoms with Crippen LogP contribution in [0.5, 0.6) is 0 Å². The van der Waals surface area contributed by atoms with Crippen molar-refractivity contribution in [2.24, 2.45) is 0 Å². The van der Waals surface area contributed by atoms with Crippen LogP contribution in [0.4, 0.5) is 5.82 Å². The van der Waals surface area contributed by atoms with Gasteiger partial charge in [-0.3, -0.25) is 4.79 Å². The quantitative estimate of drug-likeness (QED) is 0.910. The monoisotopic (exact) mass is 269 g/mol. The number of thioether (sulfide) groups is 1. The molecule has 2 aromatic rings. The molecule has 4 nitrogen and oxygen atoms in total. The van der Waals surface area contributed by atoms with Crippen molar-refractivity contribution >= 4 is 35.6 Å². The van der Waals surface area contributed by atoms with Crippen molar-refractivity contribution in [3.8, 4) is 0 Å². The predicted molar refractivity (Wildman–Crippen MR) is 76.8 cm³/mol. The van der Waals surface area contributed by atoms with E-state index in [9.17, 15) is 4.79 Å². The van der Waals surface area contributed by atoms with Crippen LogP contribution in [0, 0.1) is 0 Å². The van der Waals surface area contributed by atoms with Gasteiger partial charge in [-0.05, 0) is 11.6 Å². The van der Waals surface area contributed by atoms with Gasteiger partial charge in [0.15, 0.2) is 5.82 Å². The third-order valence-corrected chi connectivity index (χ3v) is 3.58. The van der Waals surface area contributed by atoms with Crippen LogP contribution in [0.25, 0.3) is 12.2 Å². The lowest BCUT2D eigenvalue weighted by Crippen LogP contribution is -2.20. The lowest BCUT2D eigenvalue weighted by atomic mass is 10.2. The van der Waals surface area contributed by atoms with Crippen LogP contribution in [-0.2, 0) is 4.79 Å². The van der Waals surface area contributed by atoms with Crippen molar-refractivity contribution in [3.63, 3.8) is 0 Å². The molecule has 0 aliphatic carbocycles. The summed E-state index contributed by atoms with van der Waals surface area (Å²) in [6.07, 6.45) is 5.56. The normalized spacial score (nSPS) is 14.2. The first-order chi connectivity index (χ1) is 9.31. The number of aromatic nitrogens is 2. The van der Waals surface area contributed by atoms with Crippen molar-refractivity contribution in [1.29, 1.82) is 0 Å². The second-order valence-electron chi connectivity index (χ2n) is 4.03. The molecule has 0 spiro atoms. The molecule has 0 atom stereocenters. The molecule has 0 radical (unpaired) electrons. The Balaban J connectivity index is 1.84. The number of anilines is 1. The molecule has 94 valence electrons. The number of nitrogens with zero attached hydrogens (tertiary/aromatic N) is 2. The maximum atomic E-state index is 11.3. The third kappa shape index (κ3) is 2.82. The Kier molecular flexibility index (Phi) is 3.29. The van der Waals surface area contributed by atoms with E-state index in [0.717, 1.165) is 16.3 Å². The van der Waals surface area contributed by atoms with E-state index in [1.165, 1.54) is 11.8 Å². The molecule has 0 fully saturated rings. The number of hydrogen-bond acceptors (Lipinski definition) is 4. The molecule has 5 heteroatoms. The second-order valence-corrected chi connectivity index (χ2v) is 4.99. The van der Waals surface area contributed by atoms with E-state index in [4.69, 9.17) is 0 Å². The van der Waals surface area contributed by atoms with Gasteiger partial charge in [0.25, 0.3) is 0 Å². The Morgan fingerprint density at radius 3 is 2.89 bits per heavy atom. The molecule has 3 rings (SSSR count). The van der Waals surface area contributed by atoms with E-state index in [-0.39, 0.29) is 5.91 Å². The number of hydrogen-bond donors (Lipinski definition) is 1. The van der Waals surface area contributed by atoms with Crippen molar-refractivity contribution < 1.29 is 4.79 Å². The van der Waals surface area contributed by atoms with Crippen LogP contribution < -0.4 is 5.32 Å². The Labute approximate surface area is 115 Å². The summed E-state index contributed by atoms with van der Waals surface area (Å²) in [5.41, 5.74) is 1.82. The van der Waals surface area contributed by atoms with E-state index >= 15 is 0 Å². The average molecular weight is 269 g/mol. The van der Waals surface area contributed by atoms with Gasteiger partial charge in [0.2, 0.25) is 5.91 Å². The zero-order valence-electron chi connectivity index (χ0n) is 10.0. The summed E-state index contributed by atoms with van der Waals surface area (Å²) in [6, 6.07) is 9.97. The highest BCUT2D eigenvalue weighted by Crippen LogP contribution is 2.27. The summed E-state index contributed by atoms with van der Waals surface area (Å²) >= 11 is 1.41. The van der Waals surface area contributed by atoms with E-state index in [1.54, 1.807) is 6.20 Å². The lowest BCUT2D eigenvalue weighted by molar-refractivity contribution is -0.113. The molecule has 1 aromatic carbocycles. The molecule has 0 unspecified atom stereocenters. The molecular weight excluding hydrogens is 258 g/mol. The van der Waals surface area contributed by atoms with Crippen molar-refractivity contribution in [2.45, 2.75) is 5.03 Å². The standard InChI is InChI=1S/C14H11N3OS/c18-12-9-19-14-13(17-12)16-11(8-15-14)7-6-10-4-2-1-3-5-10/h1-8H,9H2,(H,16,17,18)/b7-6+. The topological polar surface area (TPSA) is 54.9 Å². The first kappa shape index (κ1) is 11.9. The summed E-state index contributed by atoms with van der Waals surface area (Å²) in [5, 5.41) is 3.51. The molecule has 1 amide bonds. The van der Waals surface area contributed by atoms with Crippen LogP contribution in [0.2, 0.25) is 0 Å². The Morgan fingerprint density at radius 2 is 2.05 bits per heavy atom. The molecule has 0 saturated carbocycles. The summed E-state index contributed by atoms with van der Waals surface area (Å²) in [4.78, 5) is 20.0. The number of carbonyl (C=O) groups is 1.